The van der Waals surface area contributed by atoms with E-state index < -0.39 is 0 Å². The van der Waals surface area contributed by atoms with E-state index in [1.54, 1.807) is 0 Å². The second-order valence-corrected chi connectivity index (χ2v) is 5.57. The van der Waals surface area contributed by atoms with Crippen LogP contribution >= 0.6 is 21.6 Å². The summed E-state index contributed by atoms with van der Waals surface area (Å²) in [6.07, 6.45) is 6.78. The first-order chi connectivity index (χ1) is 6.43. The van der Waals surface area contributed by atoms with Crippen LogP contribution in [0.2, 0.25) is 0 Å². The quantitative estimate of drug-likeness (QED) is 0.440. The number of aliphatic hydroxyl groups is 1. The predicted molar refractivity (Wildman–Crippen MR) is 61.1 cm³/mol. The zero-order valence-corrected chi connectivity index (χ0v) is 9.70. The Morgan fingerprint density at radius 1 is 1.46 bits per heavy atom. The van der Waals surface area contributed by atoms with Crippen LogP contribution in [-0.2, 0) is 4.79 Å². The number of carbonyl (C=O) groups excluding carboxylic acids is 1. The first kappa shape index (κ1) is 13.3. The minimum absolute atomic E-state index is 0.754. The van der Waals surface area contributed by atoms with Crippen LogP contribution in [0.25, 0.3) is 0 Å². The predicted octanol–water partition coefficient (Wildman–Crippen LogP) is 2.51. The van der Waals surface area contributed by atoms with E-state index in [1.807, 2.05) is 21.6 Å². The summed E-state index contributed by atoms with van der Waals surface area (Å²) >= 11 is 0. The number of hydrogen-bond donors (Lipinski definition) is 1. The standard InChI is InChI=1S/C8H14OS2.CH4O/c9-6-3-1-2-4-8-5-7-10-11-8;1-2/h6,8H,1-5,7H2;2H,1H3. The molecule has 1 rings (SSSR count). The molecule has 13 heavy (non-hydrogen) atoms. The molecule has 0 aliphatic carbocycles. The van der Waals surface area contributed by atoms with E-state index in [9.17, 15) is 4.79 Å². The van der Waals surface area contributed by atoms with Gasteiger partial charge in [0, 0.05) is 24.5 Å². The Labute approximate surface area is 88.3 Å². The van der Waals surface area contributed by atoms with E-state index in [0.717, 1.165) is 31.5 Å². The van der Waals surface area contributed by atoms with Crippen molar-refractivity contribution >= 4 is 27.9 Å². The molecule has 4 heteroatoms. The lowest BCUT2D eigenvalue weighted by molar-refractivity contribution is -0.107. The minimum atomic E-state index is 0.754. The maximum atomic E-state index is 9.99. The van der Waals surface area contributed by atoms with Gasteiger partial charge in [-0.2, -0.15) is 0 Å². The van der Waals surface area contributed by atoms with Crippen LogP contribution in [0.5, 0.6) is 0 Å². The first-order valence-corrected chi connectivity index (χ1v) is 6.98. The average Bonchev–Trinajstić information content (AvgIpc) is 2.68. The molecule has 0 aromatic heterocycles. The highest BCUT2D eigenvalue weighted by molar-refractivity contribution is 8.77. The lowest BCUT2D eigenvalue weighted by atomic mass is 10.1. The molecule has 1 saturated heterocycles. The summed E-state index contributed by atoms with van der Waals surface area (Å²) in [6.45, 7) is 0. The fourth-order valence-electron chi connectivity index (χ4n) is 1.16. The molecule has 0 aromatic rings. The molecule has 0 radical (unpaired) electrons. The highest BCUT2D eigenvalue weighted by Crippen LogP contribution is 2.39. The van der Waals surface area contributed by atoms with Crippen LogP contribution < -0.4 is 0 Å². The van der Waals surface area contributed by atoms with Gasteiger partial charge in [0.25, 0.3) is 0 Å². The molecule has 0 amide bonds. The average molecular weight is 222 g/mol. The Balaban J connectivity index is 0.000000671. The summed E-state index contributed by atoms with van der Waals surface area (Å²) in [5, 5.41) is 7.88. The third-order valence-electron chi connectivity index (χ3n) is 1.83. The van der Waals surface area contributed by atoms with Crippen molar-refractivity contribution in [1.29, 1.82) is 0 Å². The van der Waals surface area contributed by atoms with Crippen molar-refractivity contribution in [2.75, 3.05) is 12.9 Å². The zero-order chi connectivity index (χ0) is 9.94. The smallest absolute Gasteiger partial charge is 0.119 e. The van der Waals surface area contributed by atoms with Gasteiger partial charge in [-0.3, -0.25) is 0 Å². The van der Waals surface area contributed by atoms with Gasteiger partial charge in [0.05, 0.1) is 0 Å². The number of aliphatic hydroxyl groups excluding tert-OH is 1. The molecule has 1 atom stereocenters. The molecule has 1 fully saturated rings. The van der Waals surface area contributed by atoms with Crippen molar-refractivity contribution in [3.63, 3.8) is 0 Å². The van der Waals surface area contributed by atoms with Crippen molar-refractivity contribution in [2.45, 2.75) is 37.4 Å². The first-order valence-electron chi connectivity index (χ1n) is 4.60. The number of hydrogen-bond acceptors (Lipinski definition) is 4. The van der Waals surface area contributed by atoms with Crippen LogP contribution in [0.15, 0.2) is 0 Å². The maximum absolute atomic E-state index is 9.99. The van der Waals surface area contributed by atoms with Gasteiger partial charge >= 0.3 is 0 Å². The van der Waals surface area contributed by atoms with E-state index in [-0.39, 0.29) is 0 Å². The topological polar surface area (TPSA) is 37.3 Å². The van der Waals surface area contributed by atoms with Gasteiger partial charge in [0.1, 0.15) is 6.29 Å². The van der Waals surface area contributed by atoms with Gasteiger partial charge in [-0.25, -0.2) is 0 Å². The molecular weight excluding hydrogens is 204 g/mol. The molecule has 1 aliphatic rings. The number of unbranched alkanes of at least 4 members (excludes halogenated alkanes) is 2. The van der Waals surface area contributed by atoms with Crippen LogP contribution in [-0.4, -0.2) is 29.5 Å². The highest BCUT2D eigenvalue weighted by atomic mass is 33.1. The molecular formula is C9H18O2S2. The van der Waals surface area contributed by atoms with Gasteiger partial charge < -0.3 is 9.90 Å². The van der Waals surface area contributed by atoms with Crippen LogP contribution in [0.3, 0.4) is 0 Å². The van der Waals surface area contributed by atoms with Gasteiger partial charge in [-0.15, -0.1) is 0 Å². The maximum Gasteiger partial charge on any atom is 0.119 e. The molecule has 0 spiro atoms. The van der Waals surface area contributed by atoms with Crippen molar-refractivity contribution < 1.29 is 9.90 Å². The van der Waals surface area contributed by atoms with Gasteiger partial charge in [-0.1, -0.05) is 28.0 Å². The van der Waals surface area contributed by atoms with E-state index in [1.165, 1.54) is 25.0 Å². The molecule has 1 unspecified atom stereocenters. The normalized spacial score (nSPS) is 20.6. The van der Waals surface area contributed by atoms with Crippen LogP contribution in [0, 0.1) is 0 Å². The van der Waals surface area contributed by atoms with Crippen molar-refractivity contribution in [3.8, 4) is 0 Å². The van der Waals surface area contributed by atoms with Crippen LogP contribution in [0.1, 0.15) is 32.1 Å². The second kappa shape index (κ2) is 10.4. The SMILES string of the molecule is CO.O=CCCCCC1CCSS1. The van der Waals surface area contributed by atoms with E-state index in [0.29, 0.717) is 0 Å². The Bertz CT molecular complexity index is 114. The fourth-order valence-corrected chi connectivity index (χ4v) is 4.19. The van der Waals surface area contributed by atoms with Crippen LogP contribution in [0.4, 0.5) is 0 Å². The summed E-state index contributed by atoms with van der Waals surface area (Å²) < 4.78 is 0. The summed E-state index contributed by atoms with van der Waals surface area (Å²) in [7, 11) is 5.02. The van der Waals surface area contributed by atoms with Gasteiger partial charge in [0.2, 0.25) is 0 Å². The van der Waals surface area contributed by atoms with Gasteiger partial charge in [0.15, 0.2) is 0 Å². The fraction of sp³-hybridized carbons (Fsp3) is 0.889. The molecule has 0 saturated carbocycles. The Morgan fingerprint density at radius 3 is 2.77 bits per heavy atom. The number of rotatable bonds is 5. The Morgan fingerprint density at radius 2 is 2.23 bits per heavy atom. The van der Waals surface area contributed by atoms with E-state index in [4.69, 9.17) is 5.11 Å². The molecule has 1 N–H and O–H groups in total. The lowest BCUT2D eigenvalue weighted by Gasteiger charge is -2.04. The van der Waals surface area contributed by atoms with Crippen molar-refractivity contribution in [2.24, 2.45) is 0 Å². The van der Waals surface area contributed by atoms with Gasteiger partial charge in [-0.05, 0) is 19.3 Å². The molecule has 0 bridgehead atoms. The Hall–Kier alpha value is 0.330. The molecule has 2 nitrogen and oxygen atoms in total. The highest BCUT2D eigenvalue weighted by Gasteiger charge is 2.15. The molecule has 1 heterocycles. The summed E-state index contributed by atoms with van der Waals surface area (Å²) in [4.78, 5) is 9.99. The van der Waals surface area contributed by atoms with E-state index >= 15 is 0 Å². The largest absolute Gasteiger partial charge is 0.400 e. The third-order valence-corrected chi connectivity index (χ3v) is 4.83. The van der Waals surface area contributed by atoms with Crippen molar-refractivity contribution in [1.82, 2.24) is 0 Å². The minimum Gasteiger partial charge on any atom is -0.400 e. The lowest BCUT2D eigenvalue weighted by Crippen LogP contribution is -1.96. The van der Waals surface area contributed by atoms with E-state index in [2.05, 4.69) is 0 Å². The molecule has 1 aliphatic heterocycles. The zero-order valence-electron chi connectivity index (χ0n) is 8.07. The summed E-state index contributed by atoms with van der Waals surface area (Å²) in [5.41, 5.74) is 0. The summed E-state index contributed by atoms with van der Waals surface area (Å²) in [6, 6.07) is 0. The van der Waals surface area contributed by atoms with Crippen molar-refractivity contribution in [3.05, 3.63) is 0 Å². The monoisotopic (exact) mass is 222 g/mol. The number of aldehydes is 1. The molecule has 78 valence electrons. The molecule has 0 aromatic carbocycles. The summed E-state index contributed by atoms with van der Waals surface area (Å²) in [5.74, 6) is 1.32. The Kier molecular flexibility index (Phi) is 10.7. The second-order valence-electron chi connectivity index (χ2n) is 2.78. The number of carbonyl (C=O) groups is 1. The third kappa shape index (κ3) is 7.40.